The van der Waals surface area contributed by atoms with Crippen LogP contribution in [0.15, 0.2) is 47.1 Å². The van der Waals surface area contributed by atoms with Gasteiger partial charge in [-0.3, -0.25) is 0 Å². The van der Waals surface area contributed by atoms with Crippen molar-refractivity contribution in [1.29, 1.82) is 0 Å². The van der Waals surface area contributed by atoms with Gasteiger partial charge in [0.15, 0.2) is 0 Å². The molecule has 0 aliphatic carbocycles. The Morgan fingerprint density at radius 2 is 1.86 bits per heavy atom. The largest absolute Gasteiger partial charge is 0.439 e. The van der Waals surface area contributed by atoms with E-state index in [1.165, 1.54) is 0 Å². The van der Waals surface area contributed by atoms with Crippen LogP contribution in [0.4, 0.5) is 5.95 Å². The minimum Gasteiger partial charge on any atom is -0.439 e. The summed E-state index contributed by atoms with van der Waals surface area (Å²) in [6.07, 6.45) is 1.74. The summed E-state index contributed by atoms with van der Waals surface area (Å²) in [5.74, 6) is 1.86. The molecule has 5 heteroatoms. The van der Waals surface area contributed by atoms with Crippen molar-refractivity contribution in [2.75, 3.05) is 12.4 Å². The molecule has 0 amide bonds. The fourth-order valence-electron chi connectivity index (χ4n) is 2.02. The molecule has 3 aromatic rings. The van der Waals surface area contributed by atoms with E-state index in [-0.39, 0.29) is 0 Å². The second-order valence-corrected chi connectivity index (χ2v) is 5.60. The lowest BCUT2D eigenvalue weighted by molar-refractivity contribution is 0.459. The molecule has 2 aromatic carbocycles. The molecule has 0 bridgehead atoms. The zero-order valence-corrected chi connectivity index (χ0v) is 13.3. The first kappa shape index (κ1) is 13.8. The van der Waals surface area contributed by atoms with E-state index in [1.54, 1.807) is 13.2 Å². The Labute approximate surface area is 131 Å². The van der Waals surface area contributed by atoms with Crippen LogP contribution < -0.4 is 10.1 Å². The summed E-state index contributed by atoms with van der Waals surface area (Å²) in [7, 11) is 1.78. The van der Waals surface area contributed by atoms with Crippen LogP contribution in [0, 0.1) is 6.92 Å². The number of hydrogen-bond donors (Lipinski definition) is 1. The van der Waals surface area contributed by atoms with Crippen molar-refractivity contribution >= 4 is 32.7 Å². The molecule has 0 unspecified atom stereocenters. The summed E-state index contributed by atoms with van der Waals surface area (Å²) >= 11 is 3.47. The zero-order chi connectivity index (χ0) is 14.8. The lowest BCUT2D eigenvalue weighted by atomic mass is 10.1. The summed E-state index contributed by atoms with van der Waals surface area (Å²) in [6.45, 7) is 1.92. The van der Waals surface area contributed by atoms with Gasteiger partial charge in [0.05, 0.1) is 0 Å². The topological polar surface area (TPSA) is 47.0 Å². The van der Waals surface area contributed by atoms with Gasteiger partial charge in [-0.2, -0.15) is 4.98 Å². The molecule has 106 valence electrons. The van der Waals surface area contributed by atoms with Gasteiger partial charge >= 0.3 is 0 Å². The predicted octanol–water partition coefficient (Wildman–Crippen LogP) is 4.53. The fourth-order valence-corrected chi connectivity index (χ4v) is 2.40. The van der Waals surface area contributed by atoms with Crippen molar-refractivity contribution in [3.8, 4) is 11.6 Å². The third kappa shape index (κ3) is 2.97. The van der Waals surface area contributed by atoms with Crippen LogP contribution in [-0.2, 0) is 0 Å². The van der Waals surface area contributed by atoms with E-state index in [9.17, 15) is 0 Å². The van der Waals surface area contributed by atoms with Crippen LogP contribution >= 0.6 is 15.9 Å². The molecule has 0 aliphatic heterocycles. The second kappa shape index (κ2) is 5.69. The van der Waals surface area contributed by atoms with Crippen molar-refractivity contribution in [2.45, 2.75) is 6.92 Å². The van der Waals surface area contributed by atoms with E-state index in [1.807, 2.05) is 31.2 Å². The minimum atomic E-state index is 0.542. The number of anilines is 1. The monoisotopic (exact) mass is 343 g/mol. The van der Waals surface area contributed by atoms with Crippen LogP contribution in [0.1, 0.15) is 5.56 Å². The smallest absolute Gasteiger partial charge is 0.226 e. The van der Waals surface area contributed by atoms with Crippen molar-refractivity contribution in [1.82, 2.24) is 9.97 Å². The average molecular weight is 344 g/mol. The first-order valence-corrected chi connectivity index (χ1v) is 7.33. The van der Waals surface area contributed by atoms with Crippen LogP contribution in [0.5, 0.6) is 11.6 Å². The molecule has 1 N–H and O–H groups in total. The van der Waals surface area contributed by atoms with E-state index in [2.05, 4.69) is 43.3 Å². The molecule has 0 saturated heterocycles. The Hall–Kier alpha value is -2.14. The molecule has 0 atom stereocenters. The number of fused-ring (bicyclic) bond motifs is 1. The fraction of sp³-hybridized carbons (Fsp3) is 0.125. The van der Waals surface area contributed by atoms with Gasteiger partial charge in [-0.05, 0) is 42.0 Å². The molecule has 1 heterocycles. The van der Waals surface area contributed by atoms with E-state index in [0.717, 1.165) is 26.6 Å². The summed E-state index contributed by atoms with van der Waals surface area (Å²) in [6, 6.07) is 12.1. The third-order valence-electron chi connectivity index (χ3n) is 3.14. The maximum atomic E-state index is 5.89. The van der Waals surface area contributed by atoms with Gasteiger partial charge in [0.25, 0.3) is 0 Å². The SMILES string of the molecule is CNc1ncc(C)c(Oc2ccc3cc(Br)ccc3c2)n1. The molecule has 0 radical (unpaired) electrons. The molecule has 0 spiro atoms. The number of nitrogens with one attached hydrogen (secondary N) is 1. The summed E-state index contributed by atoms with van der Waals surface area (Å²) < 4.78 is 6.95. The van der Waals surface area contributed by atoms with Gasteiger partial charge in [0.2, 0.25) is 11.8 Å². The second-order valence-electron chi connectivity index (χ2n) is 4.69. The molecular weight excluding hydrogens is 330 g/mol. The summed E-state index contributed by atoms with van der Waals surface area (Å²) in [5.41, 5.74) is 0.893. The van der Waals surface area contributed by atoms with Crippen LogP contribution in [0.25, 0.3) is 10.8 Å². The average Bonchev–Trinajstić information content (AvgIpc) is 2.49. The Balaban J connectivity index is 1.96. The maximum Gasteiger partial charge on any atom is 0.226 e. The number of nitrogens with zero attached hydrogens (tertiary/aromatic N) is 2. The van der Waals surface area contributed by atoms with Crippen LogP contribution in [0.3, 0.4) is 0 Å². The van der Waals surface area contributed by atoms with E-state index < -0.39 is 0 Å². The van der Waals surface area contributed by atoms with Crippen LogP contribution in [-0.4, -0.2) is 17.0 Å². The molecular formula is C16H14BrN3O. The minimum absolute atomic E-state index is 0.542. The van der Waals surface area contributed by atoms with E-state index >= 15 is 0 Å². The number of aryl methyl sites for hydroxylation is 1. The zero-order valence-electron chi connectivity index (χ0n) is 11.7. The van der Waals surface area contributed by atoms with Gasteiger partial charge in [-0.15, -0.1) is 0 Å². The molecule has 21 heavy (non-hydrogen) atoms. The number of benzene rings is 2. The number of aromatic nitrogens is 2. The van der Waals surface area contributed by atoms with E-state index in [0.29, 0.717) is 11.8 Å². The molecule has 0 fully saturated rings. The standard InChI is InChI=1S/C16H14BrN3O/c1-10-9-19-16(18-2)20-15(10)21-14-6-4-11-7-13(17)5-3-12(11)8-14/h3-9H,1-2H3,(H,18,19,20). The van der Waals surface area contributed by atoms with Crippen molar-refractivity contribution in [2.24, 2.45) is 0 Å². The lowest BCUT2D eigenvalue weighted by Crippen LogP contribution is -1.99. The summed E-state index contributed by atoms with van der Waals surface area (Å²) in [5, 5.41) is 5.19. The lowest BCUT2D eigenvalue weighted by Gasteiger charge is -2.09. The normalized spacial score (nSPS) is 10.6. The number of hydrogen-bond acceptors (Lipinski definition) is 4. The van der Waals surface area contributed by atoms with E-state index in [4.69, 9.17) is 4.74 Å². The van der Waals surface area contributed by atoms with Gasteiger partial charge in [0, 0.05) is 23.3 Å². The molecule has 1 aromatic heterocycles. The molecule has 3 rings (SSSR count). The van der Waals surface area contributed by atoms with Crippen molar-refractivity contribution in [3.63, 3.8) is 0 Å². The van der Waals surface area contributed by atoms with Gasteiger partial charge < -0.3 is 10.1 Å². The first-order valence-electron chi connectivity index (χ1n) is 6.54. The Morgan fingerprint density at radius 1 is 1.10 bits per heavy atom. The van der Waals surface area contributed by atoms with Gasteiger partial charge in [-0.1, -0.05) is 28.1 Å². The van der Waals surface area contributed by atoms with Crippen molar-refractivity contribution < 1.29 is 4.74 Å². The first-order chi connectivity index (χ1) is 10.2. The van der Waals surface area contributed by atoms with Crippen LogP contribution in [0.2, 0.25) is 0 Å². The predicted molar refractivity (Wildman–Crippen MR) is 88.0 cm³/mol. The quantitative estimate of drug-likeness (QED) is 0.758. The third-order valence-corrected chi connectivity index (χ3v) is 3.63. The highest BCUT2D eigenvalue weighted by Gasteiger charge is 2.06. The van der Waals surface area contributed by atoms with Crippen molar-refractivity contribution in [3.05, 3.63) is 52.6 Å². The molecule has 4 nitrogen and oxygen atoms in total. The van der Waals surface area contributed by atoms with Gasteiger partial charge in [0.1, 0.15) is 5.75 Å². The highest BCUT2D eigenvalue weighted by atomic mass is 79.9. The Morgan fingerprint density at radius 3 is 2.67 bits per heavy atom. The van der Waals surface area contributed by atoms with Gasteiger partial charge in [-0.25, -0.2) is 4.98 Å². The highest BCUT2D eigenvalue weighted by molar-refractivity contribution is 9.10. The highest BCUT2D eigenvalue weighted by Crippen LogP contribution is 2.28. The number of ether oxygens (including phenoxy) is 1. The number of halogens is 1. The Bertz CT molecular complexity index is 805. The molecule has 0 aliphatic rings. The maximum absolute atomic E-state index is 5.89. The number of rotatable bonds is 3. The Kier molecular flexibility index (Phi) is 3.75. The summed E-state index contributed by atoms with van der Waals surface area (Å²) in [4.78, 5) is 8.48. The molecule has 0 saturated carbocycles.